The maximum atomic E-state index is 12.1. The molecule has 0 bridgehead atoms. The highest BCUT2D eigenvalue weighted by Crippen LogP contribution is 2.17. The van der Waals surface area contributed by atoms with Gasteiger partial charge in [0.05, 0.1) is 19.1 Å². The summed E-state index contributed by atoms with van der Waals surface area (Å²) < 4.78 is 4.78. The second-order valence-corrected chi connectivity index (χ2v) is 5.38. The highest BCUT2D eigenvalue weighted by atomic mass is 16.5. The minimum atomic E-state index is -0.499. The van der Waals surface area contributed by atoms with Crippen LogP contribution in [0.25, 0.3) is 0 Å². The lowest BCUT2D eigenvalue weighted by atomic mass is 9.92. The van der Waals surface area contributed by atoms with E-state index in [9.17, 15) is 9.59 Å². The first-order valence-electron chi connectivity index (χ1n) is 7.77. The number of unbranched alkanes of at least 4 members (excludes halogenated alkanes) is 2. The Kier molecular flexibility index (Phi) is 12.1. The molecule has 6 nitrogen and oxygen atoms in total. The average Bonchev–Trinajstić information content (AvgIpc) is 2.49. The quantitative estimate of drug-likeness (QED) is 0.339. The normalized spacial score (nSPS) is 13.7. The summed E-state index contributed by atoms with van der Waals surface area (Å²) >= 11 is 0. The number of carbonyl (C=O) groups excluding carboxylic acids is 2. The van der Waals surface area contributed by atoms with Gasteiger partial charge >= 0.3 is 5.97 Å². The number of ether oxygens (including phenoxy) is 1. The van der Waals surface area contributed by atoms with Gasteiger partial charge in [0.2, 0.25) is 0 Å². The second-order valence-electron chi connectivity index (χ2n) is 5.38. The Morgan fingerprint density at radius 1 is 1.14 bits per heavy atom. The van der Waals surface area contributed by atoms with E-state index < -0.39 is 6.04 Å². The molecule has 0 aromatic carbocycles. The van der Waals surface area contributed by atoms with Crippen molar-refractivity contribution in [1.82, 2.24) is 5.32 Å². The fourth-order valence-electron chi connectivity index (χ4n) is 2.23. The topological polar surface area (TPSA) is 107 Å². The molecule has 21 heavy (non-hydrogen) atoms. The maximum Gasteiger partial charge on any atom is 0.309 e. The Hall–Kier alpha value is -0.980. The zero-order chi connectivity index (χ0) is 16.1. The van der Waals surface area contributed by atoms with E-state index in [-0.39, 0.29) is 24.1 Å². The summed E-state index contributed by atoms with van der Waals surface area (Å²) in [4.78, 5) is 23.8. The molecule has 5 N–H and O–H groups in total. The predicted octanol–water partition coefficient (Wildman–Crippen LogP) is 0.581. The lowest BCUT2D eigenvalue weighted by molar-refractivity contribution is -0.147. The number of nitrogens with two attached hydrogens (primary N) is 2. The molecule has 0 amide bonds. The summed E-state index contributed by atoms with van der Waals surface area (Å²) in [5.41, 5.74) is 11.3. The highest BCUT2D eigenvalue weighted by Gasteiger charge is 2.24. The minimum absolute atomic E-state index is 0.0592. The van der Waals surface area contributed by atoms with E-state index in [1.807, 2.05) is 7.05 Å². The van der Waals surface area contributed by atoms with Gasteiger partial charge in [-0.05, 0) is 45.8 Å². The van der Waals surface area contributed by atoms with Crippen molar-refractivity contribution in [2.75, 3.05) is 27.2 Å². The molecule has 0 aliphatic carbocycles. The van der Waals surface area contributed by atoms with E-state index in [0.717, 1.165) is 32.2 Å². The van der Waals surface area contributed by atoms with Gasteiger partial charge in [-0.3, -0.25) is 9.59 Å². The van der Waals surface area contributed by atoms with Crippen molar-refractivity contribution < 1.29 is 14.3 Å². The number of nitrogens with one attached hydrogen (secondary N) is 1. The Balaban J connectivity index is 4.24. The van der Waals surface area contributed by atoms with Crippen molar-refractivity contribution in [3.05, 3.63) is 0 Å². The van der Waals surface area contributed by atoms with Crippen molar-refractivity contribution in [2.45, 2.75) is 51.0 Å². The molecule has 0 aromatic rings. The van der Waals surface area contributed by atoms with Gasteiger partial charge in [0.15, 0.2) is 0 Å². The Labute approximate surface area is 128 Å². The van der Waals surface area contributed by atoms with Gasteiger partial charge < -0.3 is 21.5 Å². The van der Waals surface area contributed by atoms with E-state index in [1.165, 1.54) is 7.11 Å². The van der Waals surface area contributed by atoms with E-state index >= 15 is 0 Å². The molecule has 0 heterocycles. The van der Waals surface area contributed by atoms with E-state index in [1.54, 1.807) is 0 Å². The van der Waals surface area contributed by atoms with Gasteiger partial charge in [0.1, 0.15) is 5.78 Å². The third-order valence-corrected chi connectivity index (χ3v) is 3.59. The van der Waals surface area contributed by atoms with Crippen LogP contribution in [0.1, 0.15) is 44.9 Å². The van der Waals surface area contributed by atoms with Crippen LogP contribution >= 0.6 is 0 Å². The van der Waals surface area contributed by atoms with Crippen LogP contribution in [0.4, 0.5) is 0 Å². The molecular formula is C15H31N3O3. The maximum absolute atomic E-state index is 12.1. The molecule has 0 saturated carbocycles. The van der Waals surface area contributed by atoms with Crippen LogP contribution in [0.5, 0.6) is 0 Å². The number of hydrogen-bond donors (Lipinski definition) is 3. The molecule has 2 atom stereocenters. The Bertz CT molecular complexity index is 298. The van der Waals surface area contributed by atoms with Crippen LogP contribution in [-0.2, 0) is 14.3 Å². The van der Waals surface area contributed by atoms with Crippen LogP contribution in [0, 0.1) is 5.92 Å². The zero-order valence-electron chi connectivity index (χ0n) is 13.4. The number of esters is 1. The summed E-state index contributed by atoms with van der Waals surface area (Å²) in [5.74, 6) is -0.752. The molecule has 124 valence electrons. The largest absolute Gasteiger partial charge is 0.469 e. The number of hydrogen-bond acceptors (Lipinski definition) is 6. The summed E-state index contributed by atoms with van der Waals surface area (Å²) in [7, 11) is 3.25. The smallest absolute Gasteiger partial charge is 0.309 e. The minimum Gasteiger partial charge on any atom is -0.469 e. The zero-order valence-corrected chi connectivity index (χ0v) is 13.4. The first-order chi connectivity index (χ1) is 10.1. The van der Waals surface area contributed by atoms with Crippen LogP contribution in [-0.4, -0.2) is 45.0 Å². The van der Waals surface area contributed by atoms with E-state index in [0.29, 0.717) is 19.4 Å². The van der Waals surface area contributed by atoms with Gasteiger partial charge in [0.25, 0.3) is 0 Å². The average molecular weight is 301 g/mol. The molecule has 0 aromatic heterocycles. The van der Waals surface area contributed by atoms with Crippen molar-refractivity contribution in [2.24, 2.45) is 17.4 Å². The summed E-state index contributed by atoms with van der Waals surface area (Å²) in [5, 5.41) is 3.06. The number of ketones is 1. The van der Waals surface area contributed by atoms with Crippen LogP contribution in [0.2, 0.25) is 0 Å². The molecule has 0 aliphatic heterocycles. The van der Waals surface area contributed by atoms with Crippen molar-refractivity contribution in [3.63, 3.8) is 0 Å². The summed E-state index contributed by atoms with van der Waals surface area (Å²) in [6, 6.07) is -0.499. The Morgan fingerprint density at radius 2 is 1.81 bits per heavy atom. The van der Waals surface area contributed by atoms with Crippen molar-refractivity contribution in [1.29, 1.82) is 0 Å². The fraction of sp³-hybridized carbons (Fsp3) is 0.867. The molecule has 0 saturated heterocycles. The van der Waals surface area contributed by atoms with Crippen molar-refractivity contribution in [3.8, 4) is 0 Å². The SMILES string of the molecule is CNCCCCC(CC(=O)C(N)CCCCN)C(=O)OC. The number of methoxy groups -OCH3 is 1. The molecule has 0 fully saturated rings. The molecule has 2 unspecified atom stereocenters. The van der Waals surface area contributed by atoms with E-state index in [4.69, 9.17) is 16.2 Å². The molecule has 0 radical (unpaired) electrons. The van der Waals surface area contributed by atoms with Gasteiger partial charge in [-0.25, -0.2) is 0 Å². The number of Topliss-reactive ketones (excluding diaryl/α,β-unsaturated/α-hetero) is 1. The van der Waals surface area contributed by atoms with E-state index in [2.05, 4.69) is 5.32 Å². The second kappa shape index (κ2) is 12.7. The molecule has 6 heteroatoms. The molecule has 0 spiro atoms. The number of rotatable bonds is 13. The Morgan fingerprint density at radius 3 is 2.38 bits per heavy atom. The first kappa shape index (κ1) is 20.0. The standard InChI is InChI=1S/C15H31N3O3/c1-18-10-6-4-7-12(15(20)21-2)11-14(19)13(17)8-3-5-9-16/h12-13,18H,3-11,16-17H2,1-2H3. The summed E-state index contributed by atoms with van der Waals surface area (Å²) in [6.45, 7) is 1.51. The third-order valence-electron chi connectivity index (χ3n) is 3.59. The van der Waals surface area contributed by atoms with Crippen LogP contribution < -0.4 is 16.8 Å². The van der Waals surface area contributed by atoms with Crippen LogP contribution in [0.15, 0.2) is 0 Å². The number of carbonyl (C=O) groups is 2. The first-order valence-corrected chi connectivity index (χ1v) is 7.77. The van der Waals surface area contributed by atoms with Gasteiger partial charge in [0, 0.05) is 6.42 Å². The molecule has 0 aliphatic rings. The molecular weight excluding hydrogens is 270 g/mol. The highest BCUT2D eigenvalue weighted by molar-refractivity contribution is 5.88. The van der Waals surface area contributed by atoms with Gasteiger partial charge in [-0.15, -0.1) is 0 Å². The fourth-order valence-corrected chi connectivity index (χ4v) is 2.23. The van der Waals surface area contributed by atoms with Crippen molar-refractivity contribution >= 4 is 11.8 Å². The monoisotopic (exact) mass is 301 g/mol. The van der Waals surface area contributed by atoms with Gasteiger partial charge in [-0.1, -0.05) is 12.8 Å². The van der Waals surface area contributed by atoms with Crippen LogP contribution in [0.3, 0.4) is 0 Å². The van der Waals surface area contributed by atoms with Gasteiger partial charge in [-0.2, -0.15) is 0 Å². The third kappa shape index (κ3) is 9.55. The molecule has 0 rings (SSSR count). The predicted molar refractivity (Wildman–Crippen MR) is 83.8 cm³/mol. The summed E-state index contributed by atoms with van der Waals surface area (Å²) in [6.07, 6.45) is 5.03. The lowest BCUT2D eigenvalue weighted by Gasteiger charge is -2.16. The lowest BCUT2D eigenvalue weighted by Crippen LogP contribution is -2.33.